The number of aryl methyl sites for hydroxylation is 2. The molecule has 0 aliphatic carbocycles. The van der Waals surface area contributed by atoms with Crippen molar-refractivity contribution in [2.24, 2.45) is 7.05 Å². The third-order valence-electron chi connectivity index (χ3n) is 5.43. The van der Waals surface area contributed by atoms with Gasteiger partial charge < -0.3 is 9.80 Å². The maximum atomic E-state index is 12.8. The highest BCUT2D eigenvalue weighted by Gasteiger charge is 2.23. The van der Waals surface area contributed by atoms with E-state index < -0.39 is 0 Å². The van der Waals surface area contributed by atoms with Crippen molar-refractivity contribution in [1.29, 1.82) is 0 Å². The smallest absolute Gasteiger partial charge is 0.272 e. The molecule has 154 valence electrons. The molecule has 1 aliphatic heterocycles. The van der Waals surface area contributed by atoms with E-state index in [0.29, 0.717) is 61.3 Å². The minimum absolute atomic E-state index is 0.0807. The van der Waals surface area contributed by atoms with Crippen molar-refractivity contribution >= 4 is 39.2 Å². The molecular formula is C19H20N8O2S. The van der Waals surface area contributed by atoms with Gasteiger partial charge in [0.1, 0.15) is 10.5 Å². The normalized spacial score (nSPS) is 14.7. The molecule has 4 aromatic rings. The molecule has 0 bridgehead atoms. The van der Waals surface area contributed by atoms with E-state index in [9.17, 15) is 9.59 Å². The van der Waals surface area contributed by atoms with Crippen LogP contribution in [0.4, 0.5) is 5.95 Å². The number of amides is 1. The van der Waals surface area contributed by atoms with E-state index >= 15 is 0 Å². The van der Waals surface area contributed by atoms with Crippen LogP contribution in [0.2, 0.25) is 0 Å². The fraction of sp³-hybridized carbons (Fsp3) is 0.368. The fourth-order valence-corrected chi connectivity index (χ4v) is 4.65. The zero-order chi connectivity index (χ0) is 20.7. The number of piperazine rings is 1. The number of thiophene rings is 1. The van der Waals surface area contributed by atoms with Crippen molar-refractivity contribution in [3.8, 4) is 0 Å². The van der Waals surface area contributed by atoms with Gasteiger partial charge in [0.15, 0.2) is 0 Å². The molecule has 0 unspecified atom stereocenters. The Hall–Kier alpha value is -3.34. The van der Waals surface area contributed by atoms with E-state index in [1.165, 1.54) is 15.9 Å². The summed E-state index contributed by atoms with van der Waals surface area (Å²) in [7, 11) is 1.69. The summed E-state index contributed by atoms with van der Waals surface area (Å²) in [6.45, 7) is 2.70. The Labute approximate surface area is 175 Å². The van der Waals surface area contributed by atoms with Crippen molar-refractivity contribution in [2.45, 2.75) is 12.8 Å². The van der Waals surface area contributed by atoms with Gasteiger partial charge in [-0.2, -0.15) is 0 Å². The lowest BCUT2D eigenvalue weighted by Crippen LogP contribution is -2.49. The molecule has 0 aromatic carbocycles. The summed E-state index contributed by atoms with van der Waals surface area (Å²) in [6, 6.07) is 3.69. The molecule has 0 N–H and O–H groups in total. The first kappa shape index (κ1) is 18.7. The molecule has 30 heavy (non-hydrogen) atoms. The number of hydrogen-bond donors (Lipinski definition) is 0. The van der Waals surface area contributed by atoms with Gasteiger partial charge in [-0.3, -0.25) is 18.6 Å². The van der Waals surface area contributed by atoms with E-state index in [4.69, 9.17) is 0 Å². The van der Waals surface area contributed by atoms with E-state index in [0.717, 1.165) is 5.52 Å². The largest absolute Gasteiger partial charge is 0.339 e. The van der Waals surface area contributed by atoms with Crippen LogP contribution in [0, 0.1) is 0 Å². The Bertz CT molecular complexity index is 1270. The summed E-state index contributed by atoms with van der Waals surface area (Å²) < 4.78 is 4.05. The minimum atomic E-state index is -0.0807. The second kappa shape index (κ2) is 7.48. The Balaban J connectivity index is 1.28. The second-order valence-corrected chi connectivity index (χ2v) is 8.08. The lowest BCUT2D eigenvalue weighted by molar-refractivity contribution is -0.131. The third kappa shape index (κ3) is 3.11. The van der Waals surface area contributed by atoms with Crippen LogP contribution < -0.4 is 10.5 Å². The number of hydrogen-bond acceptors (Lipinski definition) is 8. The molecule has 0 spiro atoms. The van der Waals surface area contributed by atoms with Gasteiger partial charge in [-0.1, -0.05) is 0 Å². The molecule has 1 fully saturated rings. The van der Waals surface area contributed by atoms with Gasteiger partial charge in [0.2, 0.25) is 17.6 Å². The number of carbonyl (C=O) groups excluding carboxylic acids is 1. The molecule has 4 aromatic heterocycles. The van der Waals surface area contributed by atoms with Crippen LogP contribution in [0.5, 0.6) is 0 Å². The predicted octanol–water partition coefficient (Wildman–Crippen LogP) is 0.714. The zero-order valence-electron chi connectivity index (χ0n) is 16.4. The van der Waals surface area contributed by atoms with Gasteiger partial charge in [-0.15, -0.1) is 21.5 Å². The molecule has 5 heterocycles. The molecule has 0 radical (unpaired) electrons. The van der Waals surface area contributed by atoms with Crippen LogP contribution in [0.1, 0.15) is 12.2 Å². The zero-order valence-corrected chi connectivity index (χ0v) is 17.2. The van der Waals surface area contributed by atoms with E-state index in [1.807, 2.05) is 20.7 Å². The van der Waals surface area contributed by atoms with Crippen LogP contribution in [-0.4, -0.2) is 66.1 Å². The SMILES string of the molecule is Cn1c(=O)c2sccc2n2c(CCC(=O)N3CCN(c4ncccn4)CC3)nnc12. The first-order valence-corrected chi connectivity index (χ1v) is 10.6. The quantitative estimate of drug-likeness (QED) is 0.476. The Morgan fingerprint density at radius 3 is 2.67 bits per heavy atom. The molecule has 1 amide bonds. The summed E-state index contributed by atoms with van der Waals surface area (Å²) in [6.07, 6.45) is 4.26. The molecule has 1 saturated heterocycles. The Kier molecular flexibility index (Phi) is 4.66. The van der Waals surface area contributed by atoms with E-state index in [-0.39, 0.29) is 11.5 Å². The summed E-state index contributed by atoms with van der Waals surface area (Å²) >= 11 is 1.40. The monoisotopic (exact) mass is 424 g/mol. The van der Waals surface area contributed by atoms with Gasteiger partial charge in [0.05, 0.1) is 5.52 Å². The molecular weight excluding hydrogens is 404 g/mol. The first-order valence-electron chi connectivity index (χ1n) is 9.73. The summed E-state index contributed by atoms with van der Waals surface area (Å²) in [5, 5.41) is 10.3. The van der Waals surface area contributed by atoms with Crippen molar-refractivity contribution < 1.29 is 4.79 Å². The van der Waals surface area contributed by atoms with Crippen molar-refractivity contribution in [3.63, 3.8) is 0 Å². The maximum absolute atomic E-state index is 12.8. The second-order valence-electron chi connectivity index (χ2n) is 7.17. The average molecular weight is 424 g/mol. The van der Waals surface area contributed by atoms with Gasteiger partial charge in [-0.25, -0.2) is 9.97 Å². The third-order valence-corrected chi connectivity index (χ3v) is 6.32. The number of fused-ring (bicyclic) bond motifs is 3. The fourth-order valence-electron chi connectivity index (χ4n) is 3.80. The van der Waals surface area contributed by atoms with Crippen molar-refractivity contribution in [3.05, 3.63) is 46.1 Å². The molecule has 11 heteroatoms. The molecule has 0 atom stereocenters. The van der Waals surface area contributed by atoms with Crippen LogP contribution in [-0.2, 0) is 18.3 Å². The minimum Gasteiger partial charge on any atom is -0.339 e. The van der Waals surface area contributed by atoms with Crippen LogP contribution in [0.15, 0.2) is 34.7 Å². The van der Waals surface area contributed by atoms with Gasteiger partial charge in [0, 0.05) is 58.5 Å². The maximum Gasteiger partial charge on any atom is 0.272 e. The topological polar surface area (TPSA) is 102 Å². The standard InChI is InChI=1S/C19H20N8O2S/c1-24-17(29)16-13(5-12-30-16)27-14(22-23-19(24)27)3-4-15(28)25-8-10-26(11-9-25)18-20-6-2-7-21-18/h2,5-7,12H,3-4,8-11H2,1H3. The Morgan fingerprint density at radius 1 is 1.13 bits per heavy atom. The van der Waals surface area contributed by atoms with Crippen LogP contribution in [0.25, 0.3) is 16.0 Å². The lowest BCUT2D eigenvalue weighted by atomic mass is 10.2. The number of nitrogens with zero attached hydrogens (tertiary/aromatic N) is 8. The number of carbonyl (C=O) groups is 1. The van der Waals surface area contributed by atoms with Crippen LogP contribution in [0.3, 0.4) is 0 Å². The lowest BCUT2D eigenvalue weighted by Gasteiger charge is -2.34. The highest BCUT2D eigenvalue weighted by atomic mass is 32.1. The van der Waals surface area contributed by atoms with Gasteiger partial charge >= 0.3 is 0 Å². The molecule has 1 aliphatic rings. The van der Waals surface area contributed by atoms with Gasteiger partial charge in [0.25, 0.3) is 5.56 Å². The first-order chi connectivity index (χ1) is 14.6. The number of aromatic nitrogens is 6. The Morgan fingerprint density at radius 2 is 1.90 bits per heavy atom. The van der Waals surface area contributed by atoms with E-state index in [1.54, 1.807) is 25.5 Å². The number of rotatable bonds is 4. The highest BCUT2D eigenvalue weighted by Crippen LogP contribution is 2.20. The van der Waals surface area contributed by atoms with Gasteiger partial charge in [-0.05, 0) is 17.5 Å². The molecule has 0 saturated carbocycles. The van der Waals surface area contributed by atoms with Crippen molar-refractivity contribution in [2.75, 3.05) is 31.1 Å². The predicted molar refractivity (Wildman–Crippen MR) is 113 cm³/mol. The van der Waals surface area contributed by atoms with E-state index in [2.05, 4.69) is 25.1 Å². The summed E-state index contributed by atoms with van der Waals surface area (Å²) in [4.78, 5) is 37.7. The van der Waals surface area contributed by atoms with Crippen LogP contribution >= 0.6 is 11.3 Å². The average Bonchev–Trinajstić information content (AvgIpc) is 3.44. The molecule has 5 rings (SSSR count). The summed E-state index contributed by atoms with van der Waals surface area (Å²) in [5.41, 5.74) is 0.713. The van der Waals surface area contributed by atoms with Crippen molar-refractivity contribution in [1.82, 2.24) is 34.0 Å². The molecule has 10 nitrogen and oxygen atoms in total. The summed E-state index contributed by atoms with van der Waals surface area (Å²) in [5.74, 6) is 1.97. The number of anilines is 1. The highest BCUT2D eigenvalue weighted by molar-refractivity contribution is 7.17.